The Hall–Kier alpha value is -1.68. The van der Waals surface area contributed by atoms with Gasteiger partial charge in [-0.25, -0.2) is 4.39 Å². The number of amides is 1. The number of carbonyl (C=O) groups excluding carboxylic acids is 1. The second-order valence-electron chi connectivity index (χ2n) is 4.50. The van der Waals surface area contributed by atoms with Gasteiger partial charge in [0.2, 0.25) is 5.91 Å². The van der Waals surface area contributed by atoms with Crippen molar-refractivity contribution in [3.05, 3.63) is 58.0 Å². The van der Waals surface area contributed by atoms with E-state index in [-0.39, 0.29) is 17.8 Å². The molecule has 2 aromatic rings. The number of benzene rings is 1. The van der Waals surface area contributed by atoms with Gasteiger partial charge in [0.25, 0.3) is 0 Å². The molecule has 1 unspecified atom stereocenters. The average molecular weight is 277 g/mol. The van der Waals surface area contributed by atoms with E-state index in [9.17, 15) is 9.18 Å². The van der Waals surface area contributed by atoms with E-state index in [1.165, 1.54) is 12.1 Å². The largest absolute Gasteiger partial charge is 0.338 e. The lowest BCUT2D eigenvalue weighted by atomic mass is 10.1. The molecule has 1 aromatic heterocycles. The summed E-state index contributed by atoms with van der Waals surface area (Å²) < 4.78 is 12.8. The second-order valence-corrected chi connectivity index (χ2v) is 5.48. The van der Waals surface area contributed by atoms with Crippen LogP contribution in [0.5, 0.6) is 0 Å². The van der Waals surface area contributed by atoms with Crippen molar-refractivity contribution in [2.24, 2.45) is 0 Å². The third-order valence-corrected chi connectivity index (χ3v) is 4.24. The first-order chi connectivity index (χ1) is 9.08. The summed E-state index contributed by atoms with van der Waals surface area (Å²) in [5, 5.41) is 2.00. The smallest absolute Gasteiger partial charge is 0.227 e. The summed E-state index contributed by atoms with van der Waals surface area (Å²) in [5.74, 6) is -0.246. The molecule has 0 radical (unpaired) electrons. The Kier molecular flexibility index (Phi) is 4.32. The molecule has 0 aliphatic carbocycles. The first-order valence-corrected chi connectivity index (χ1v) is 6.99. The third kappa shape index (κ3) is 3.41. The zero-order valence-electron chi connectivity index (χ0n) is 11.0. The Bertz CT molecular complexity index is 536. The van der Waals surface area contributed by atoms with Crippen LogP contribution in [0.1, 0.15) is 23.4 Å². The molecule has 100 valence electrons. The summed E-state index contributed by atoms with van der Waals surface area (Å²) in [6.07, 6.45) is 0.298. The van der Waals surface area contributed by atoms with Gasteiger partial charge in [0, 0.05) is 11.9 Å². The van der Waals surface area contributed by atoms with Crippen LogP contribution in [0.3, 0.4) is 0 Å². The third-order valence-electron chi connectivity index (χ3n) is 3.20. The Labute approximate surface area is 116 Å². The topological polar surface area (TPSA) is 20.3 Å². The molecule has 0 aliphatic rings. The molecule has 0 aliphatic heterocycles. The first-order valence-electron chi connectivity index (χ1n) is 6.11. The standard InChI is InChI=1S/C15H16FNOS/c1-11(14-4-3-9-19-14)17(2)15(18)10-12-5-7-13(16)8-6-12/h3-9,11H,10H2,1-2H3. The molecule has 0 N–H and O–H groups in total. The first kappa shape index (κ1) is 13.7. The van der Waals surface area contributed by atoms with E-state index in [0.29, 0.717) is 6.42 Å². The van der Waals surface area contributed by atoms with Crippen LogP contribution in [0.25, 0.3) is 0 Å². The summed E-state index contributed by atoms with van der Waals surface area (Å²) in [7, 11) is 1.80. The molecule has 4 heteroatoms. The molecule has 2 rings (SSSR count). The van der Waals surface area contributed by atoms with Crippen molar-refractivity contribution in [1.82, 2.24) is 4.90 Å². The lowest BCUT2D eigenvalue weighted by Gasteiger charge is -2.24. The van der Waals surface area contributed by atoms with Gasteiger partial charge in [-0.3, -0.25) is 4.79 Å². The fourth-order valence-electron chi connectivity index (χ4n) is 1.84. The summed E-state index contributed by atoms with van der Waals surface area (Å²) in [5.41, 5.74) is 0.830. The quantitative estimate of drug-likeness (QED) is 0.835. The van der Waals surface area contributed by atoms with E-state index in [0.717, 1.165) is 10.4 Å². The van der Waals surface area contributed by atoms with E-state index in [2.05, 4.69) is 0 Å². The molecular weight excluding hydrogens is 261 g/mol. The van der Waals surface area contributed by atoms with Gasteiger partial charge in [0.1, 0.15) is 5.82 Å². The van der Waals surface area contributed by atoms with Crippen molar-refractivity contribution in [2.75, 3.05) is 7.05 Å². The highest BCUT2D eigenvalue weighted by atomic mass is 32.1. The van der Waals surface area contributed by atoms with Gasteiger partial charge in [-0.1, -0.05) is 18.2 Å². The molecule has 0 saturated carbocycles. The van der Waals surface area contributed by atoms with Crippen molar-refractivity contribution < 1.29 is 9.18 Å². The van der Waals surface area contributed by atoms with Gasteiger partial charge in [0.15, 0.2) is 0 Å². The number of nitrogens with zero attached hydrogens (tertiary/aromatic N) is 1. The van der Waals surface area contributed by atoms with Gasteiger partial charge in [0.05, 0.1) is 12.5 Å². The minimum Gasteiger partial charge on any atom is -0.338 e. The lowest BCUT2D eigenvalue weighted by molar-refractivity contribution is -0.131. The molecule has 2 nitrogen and oxygen atoms in total. The van der Waals surface area contributed by atoms with Crippen LogP contribution >= 0.6 is 11.3 Å². The van der Waals surface area contributed by atoms with E-state index < -0.39 is 0 Å². The Balaban J connectivity index is 2.01. The van der Waals surface area contributed by atoms with Crippen molar-refractivity contribution in [3.63, 3.8) is 0 Å². The molecule has 0 spiro atoms. The maximum absolute atomic E-state index is 12.8. The summed E-state index contributed by atoms with van der Waals surface area (Å²) in [6.45, 7) is 2.01. The van der Waals surface area contributed by atoms with Gasteiger partial charge < -0.3 is 4.90 Å². The minimum atomic E-state index is -0.281. The molecule has 0 saturated heterocycles. The summed E-state index contributed by atoms with van der Waals surface area (Å²) in [4.78, 5) is 15.1. The van der Waals surface area contributed by atoms with Gasteiger partial charge in [-0.05, 0) is 36.1 Å². The van der Waals surface area contributed by atoms with E-state index in [1.807, 2.05) is 24.4 Å². The minimum absolute atomic E-state index is 0.0347. The Morgan fingerprint density at radius 3 is 2.58 bits per heavy atom. The van der Waals surface area contributed by atoms with Crippen LogP contribution in [0.4, 0.5) is 4.39 Å². The van der Waals surface area contributed by atoms with Crippen LogP contribution in [0, 0.1) is 5.82 Å². The number of rotatable bonds is 4. The number of hydrogen-bond donors (Lipinski definition) is 0. The maximum atomic E-state index is 12.8. The van der Waals surface area contributed by atoms with Crippen molar-refractivity contribution in [1.29, 1.82) is 0 Å². The number of thiophene rings is 1. The van der Waals surface area contributed by atoms with Gasteiger partial charge in [-0.15, -0.1) is 11.3 Å². The van der Waals surface area contributed by atoms with E-state index in [1.54, 1.807) is 35.4 Å². The Morgan fingerprint density at radius 1 is 1.32 bits per heavy atom. The van der Waals surface area contributed by atoms with Crippen LogP contribution in [0.2, 0.25) is 0 Å². The molecule has 0 fully saturated rings. The summed E-state index contributed by atoms with van der Waals surface area (Å²) >= 11 is 1.64. The molecule has 1 heterocycles. The summed E-state index contributed by atoms with van der Waals surface area (Å²) in [6, 6.07) is 10.1. The second kappa shape index (κ2) is 5.97. The van der Waals surface area contributed by atoms with Crippen molar-refractivity contribution >= 4 is 17.2 Å². The van der Waals surface area contributed by atoms with Gasteiger partial charge >= 0.3 is 0 Å². The number of likely N-dealkylation sites (N-methyl/N-ethyl adjacent to an activating group) is 1. The monoisotopic (exact) mass is 277 g/mol. The molecule has 1 aromatic carbocycles. The normalized spacial score (nSPS) is 12.2. The average Bonchev–Trinajstić information content (AvgIpc) is 2.93. The van der Waals surface area contributed by atoms with Crippen LogP contribution in [-0.4, -0.2) is 17.9 Å². The number of carbonyl (C=O) groups is 1. The van der Waals surface area contributed by atoms with E-state index >= 15 is 0 Å². The highest BCUT2D eigenvalue weighted by Crippen LogP contribution is 2.23. The van der Waals surface area contributed by atoms with Crippen LogP contribution < -0.4 is 0 Å². The van der Waals surface area contributed by atoms with Crippen LogP contribution in [0.15, 0.2) is 41.8 Å². The zero-order chi connectivity index (χ0) is 13.8. The maximum Gasteiger partial charge on any atom is 0.227 e. The molecule has 1 amide bonds. The number of halogens is 1. The fraction of sp³-hybridized carbons (Fsp3) is 0.267. The fourth-order valence-corrected chi connectivity index (χ4v) is 2.66. The highest BCUT2D eigenvalue weighted by Gasteiger charge is 2.18. The predicted octanol–water partition coefficient (Wildman–Crippen LogP) is 3.65. The molecule has 19 heavy (non-hydrogen) atoms. The highest BCUT2D eigenvalue weighted by molar-refractivity contribution is 7.10. The van der Waals surface area contributed by atoms with Crippen LogP contribution in [-0.2, 0) is 11.2 Å². The predicted molar refractivity (Wildman–Crippen MR) is 75.6 cm³/mol. The van der Waals surface area contributed by atoms with Crippen molar-refractivity contribution in [2.45, 2.75) is 19.4 Å². The zero-order valence-corrected chi connectivity index (χ0v) is 11.8. The van der Waals surface area contributed by atoms with Crippen molar-refractivity contribution in [3.8, 4) is 0 Å². The number of hydrogen-bond acceptors (Lipinski definition) is 2. The van der Waals surface area contributed by atoms with Gasteiger partial charge in [-0.2, -0.15) is 0 Å². The molecule has 0 bridgehead atoms. The lowest BCUT2D eigenvalue weighted by Crippen LogP contribution is -2.30. The van der Waals surface area contributed by atoms with E-state index in [4.69, 9.17) is 0 Å². The molecular formula is C15H16FNOS. The Morgan fingerprint density at radius 2 is 2.00 bits per heavy atom. The molecule has 1 atom stereocenters. The SMILES string of the molecule is CC(c1cccs1)N(C)C(=O)Cc1ccc(F)cc1.